The van der Waals surface area contributed by atoms with Crippen LogP contribution in [0.3, 0.4) is 0 Å². The Morgan fingerprint density at radius 2 is 1.93 bits per heavy atom. The molecule has 0 aromatic carbocycles. The van der Waals surface area contributed by atoms with E-state index >= 15 is 0 Å². The van der Waals surface area contributed by atoms with Gasteiger partial charge in [-0.15, -0.1) is 0 Å². The number of nitrogens with two attached hydrogens (primary N) is 1. The van der Waals surface area contributed by atoms with Gasteiger partial charge in [0, 0.05) is 12.5 Å². The molecule has 2 atom stereocenters. The third-order valence-electron chi connectivity index (χ3n) is 2.17. The first-order chi connectivity index (χ1) is 6.56. The summed E-state index contributed by atoms with van der Waals surface area (Å²) in [5, 5.41) is 11.2. The minimum Gasteiger partial charge on any atom is -0.480 e. The molecule has 4 N–H and O–H groups in total. The van der Waals surface area contributed by atoms with Crippen molar-refractivity contribution >= 4 is 11.9 Å². The molecule has 0 spiro atoms. The summed E-state index contributed by atoms with van der Waals surface area (Å²) in [7, 11) is 0. The fraction of sp³-hybridized carbons (Fsp3) is 0.778. The lowest BCUT2D eigenvalue weighted by Crippen LogP contribution is -2.44. The van der Waals surface area contributed by atoms with Gasteiger partial charge in [0.1, 0.15) is 6.04 Å². The fourth-order valence-corrected chi connectivity index (χ4v) is 1.09. The Morgan fingerprint density at radius 1 is 1.36 bits per heavy atom. The van der Waals surface area contributed by atoms with Crippen molar-refractivity contribution in [2.75, 3.05) is 6.54 Å². The highest BCUT2D eigenvalue weighted by molar-refractivity contribution is 5.84. The number of carboxylic acids is 1. The quantitative estimate of drug-likeness (QED) is 0.563. The van der Waals surface area contributed by atoms with Gasteiger partial charge in [0.2, 0.25) is 5.91 Å². The van der Waals surface area contributed by atoms with Gasteiger partial charge in [0.15, 0.2) is 0 Å². The summed E-state index contributed by atoms with van der Waals surface area (Å²) >= 11 is 0. The average molecular weight is 202 g/mol. The van der Waals surface area contributed by atoms with E-state index in [2.05, 4.69) is 5.32 Å². The molecule has 5 nitrogen and oxygen atoms in total. The van der Waals surface area contributed by atoms with Gasteiger partial charge in [-0.25, -0.2) is 4.79 Å². The number of nitrogens with one attached hydrogen (secondary N) is 1. The van der Waals surface area contributed by atoms with E-state index in [-0.39, 0.29) is 18.4 Å². The van der Waals surface area contributed by atoms with E-state index in [9.17, 15) is 9.59 Å². The van der Waals surface area contributed by atoms with E-state index in [1.807, 2.05) is 6.92 Å². The van der Waals surface area contributed by atoms with Gasteiger partial charge < -0.3 is 16.2 Å². The second-order valence-corrected chi connectivity index (χ2v) is 3.15. The third-order valence-corrected chi connectivity index (χ3v) is 2.17. The zero-order valence-electron chi connectivity index (χ0n) is 8.62. The predicted molar refractivity (Wildman–Crippen MR) is 52.7 cm³/mol. The number of amides is 1. The van der Waals surface area contributed by atoms with Crippen LogP contribution in [0.15, 0.2) is 0 Å². The number of carbonyl (C=O) groups excluding carboxylic acids is 1. The number of hydrogen-bond acceptors (Lipinski definition) is 3. The molecule has 0 rings (SSSR count). The highest BCUT2D eigenvalue weighted by Gasteiger charge is 2.21. The first-order valence-corrected chi connectivity index (χ1v) is 4.80. The normalized spacial score (nSPS) is 14.5. The molecule has 82 valence electrons. The van der Waals surface area contributed by atoms with Crippen molar-refractivity contribution in [3.63, 3.8) is 0 Å². The summed E-state index contributed by atoms with van der Waals surface area (Å²) in [5.74, 6) is -1.57. The van der Waals surface area contributed by atoms with E-state index in [4.69, 9.17) is 10.8 Å². The van der Waals surface area contributed by atoms with Crippen molar-refractivity contribution in [3.8, 4) is 0 Å². The van der Waals surface area contributed by atoms with Gasteiger partial charge in [-0.05, 0) is 12.8 Å². The van der Waals surface area contributed by atoms with Crippen molar-refractivity contribution in [2.45, 2.75) is 32.7 Å². The number of rotatable bonds is 6. The smallest absolute Gasteiger partial charge is 0.326 e. The van der Waals surface area contributed by atoms with Crippen LogP contribution in [0.5, 0.6) is 0 Å². The average Bonchev–Trinajstić information content (AvgIpc) is 2.15. The van der Waals surface area contributed by atoms with Gasteiger partial charge >= 0.3 is 5.97 Å². The molecule has 0 saturated heterocycles. The van der Waals surface area contributed by atoms with Crippen LogP contribution in [-0.4, -0.2) is 29.6 Å². The van der Waals surface area contributed by atoms with Gasteiger partial charge in [0.05, 0.1) is 0 Å². The molecule has 0 fully saturated rings. The van der Waals surface area contributed by atoms with Crippen molar-refractivity contribution in [3.05, 3.63) is 0 Å². The Hall–Kier alpha value is -1.10. The zero-order valence-corrected chi connectivity index (χ0v) is 8.62. The minimum absolute atomic E-state index is 0.248. The summed E-state index contributed by atoms with van der Waals surface area (Å²) in [4.78, 5) is 22.0. The minimum atomic E-state index is -1.01. The molecular formula is C9H18N2O3. The Balaban J connectivity index is 4.20. The summed E-state index contributed by atoms with van der Waals surface area (Å²) in [6, 6.07) is -0.803. The summed E-state index contributed by atoms with van der Waals surface area (Å²) in [6.45, 7) is 3.81. The Morgan fingerprint density at radius 3 is 2.21 bits per heavy atom. The standard InChI is InChI=1S/C9H18N2O3/c1-3-6(5-10)8(12)11-7(4-2)9(13)14/h6-7H,3-5,10H2,1-2H3,(H,11,12)(H,13,14)/t6?,7-/m0/s1. The lowest BCUT2D eigenvalue weighted by molar-refractivity contribution is -0.142. The molecule has 5 heteroatoms. The largest absolute Gasteiger partial charge is 0.480 e. The van der Waals surface area contributed by atoms with Crippen LogP contribution < -0.4 is 11.1 Å². The highest BCUT2D eigenvalue weighted by Crippen LogP contribution is 2.01. The van der Waals surface area contributed by atoms with E-state index < -0.39 is 12.0 Å². The van der Waals surface area contributed by atoms with Crippen LogP contribution in [0.1, 0.15) is 26.7 Å². The van der Waals surface area contributed by atoms with Gasteiger partial charge in [-0.2, -0.15) is 0 Å². The Kier molecular flexibility index (Phi) is 5.87. The molecule has 14 heavy (non-hydrogen) atoms. The molecule has 0 aliphatic carbocycles. The van der Waals surface area contributed by atoms with E-state index in [1.54, 1.807) is 6.92 Å². The van der Waals surface area contributed by atoms with Crippen LogP contribution in [0.4, 0.5) is 0 Å². The third kappa shape index (κ3) is 3.74. The number of aliphatic carboxylic acids is 1. The summed E-state index contributed by atoms with van der Waals surface area (Å²) < 4.78 is 0. The molecule has 0 aliphatic rings. The molecule has 0 aliphatic heterocycles. The molecule has 0 radical (unpaired) electrons. The van der Waals surface area contributed by atoms with E-state index in [0.29, 0.717) is 12.8 Å². The highest BCUT2D eigenvalue weighted by atomic mass is 16.4. The van der Waals surface area contributed by atoms with Crippen LogP contribution in [-0.2, 0) is 9.59 Å². The van der Waals surface area contributed by atoms with Gasteiger partial charge in [-0.3, -0.25) is 4.79 Å². The lowest BCUT2D eigenvalue weighted by atomic mass is 10.1. The molecule has 0 bridgehead atoms. The van der Waals surface area contributed by atoms with Gasteiger partial charge in [-0.1, -0.05) is 13.8 Å². The first-order valence-electron chi connectivity index (χ1n) is 4.80. The SMILES string of the molecule is CCC(CN)C(=O)N[C@@H](CC)C(=O)O. The van der Waals surface area contributed by atoms with E-state index in [0.717, 1.165) is 0 Å². The van der Waals surface area contributed by atoms with Gasteiger partial charge in [0.25, 0.3) is 0 Å². The lowest BCUT2D eigenvalue weighted by Gasteiger charge is -2.16. The summed E-state index contributed by atoms with van der Waals surface area (Å²) in [6.07, 6.45) is 1.00. The molecule has 1 unspecified atom stereocenters. The molecule has 0 aromatic rings. The Bertz CT molecular complexity index is 202. The van der Waals surface area contributed by atoms with Crippen LogP contribution in [0, 0.1) is 5.92 Å². The molecule has 0 aromatic heterocycles. The molecule has 0 saturated carbocycles. The second-order valence-electron chi connectivity index (χ2n) is 3.15. The van der Waals surface area contributed by atoms with Crippen LogP contribution >= 0.6 is 0 Å². The fourth-order valence-electron chi connectivity index (χ4n) is 1.09. The van der Waals surface area contributed by atoms with Crippen LogP contribution in [0.2, 0.25) is 0 Å². The number of hydrogen-bond donors (Lipinski definition) is 3. The number of carboxylic acid groups (broad SMARTS) is 1. The van der Waals surface area contributed by atoms with Crippen molar-refractivity contribution < 1.29 is 14.7 Å². The van der Waals surface area contributed by atoms with E-state index in [1.165, 1.54) is 0 Å². The predicted octanol–water partition coefficient (Wildman–Crippen LogP) is -0.0493. The molecular weight excluding hydrogens is 184 g/mol. The zero-order chi connectivity index (χ0) is 11.1. The number of carbonyl (C=O) groups is 2. The van der Waals surface area contributed by atoms with Crippen molar-refractivity contribution in [1.29, 1.82) is 0 Å². The van der Waals surface area contributed by atoms with Crippen LogP contribution in [0.25, 0.3) is 0 Å². The molecule has 1 amide bonds. The second kappa shape index (κ2) is 6.37. The Labute approximate surface area is 83.7 Å². The topological polar surface area (TPSA) is 92.4 Å². The maximum Gasteiger partial charge on any atom is 0.326 e. The summed E-state index contributed by atoms with van der Waals surface area (Å²) in [5.41, 5.74) is 5.37. The van der Waals surface area contributed by atoms with Crippen molar-refractivity contribution in [1.82, 2.24) is 5.32 Å². The molecule has 0 heterocycles. The first kappa shape index (κ1) is 12.9. The monoisotopic (exact) mass is 202 g/mol. The maximum absolute atomic E-state index is 11.4. The maximum atomic E-state index is 11.4. The van der Waals surface area contributed by atoms with Crippen molar-refractivity contribution in [2.24, 2.45) is 11.7 Å².